The SMILES string of the molecule is Cn1c(-c2cccc(F)c2Cl)nc2c(C#N)cccc21. The lowest BCUT2D eigenvalue weighted by atomic mass is 10.2. The third kappa shape index (κ3) is 1.75. The summed E-state index contributed by atoms with van der Waals surface area (Å²) >= 11 is 6.01. The number of nitriles is 1. The van der Waals surface area contributed by atoms with Gasteiger partial charge in [0, 0.05) is 12.6 Å². The number of imidazole rings is 1. The summed E-state index contributed by atoms with van der Waals surface area (Å²) in [5.74, 6) is 0.0453. The number of hydrogen-bond acceptors (Lipinski definition) is 2. The molecule has 0 bridgehead atoms. The highest BCUT2D eigenvalue weighted by Gasteiger charge is 2.16. The molecule has 0 radical (unpaired) electrons. The molecule has 0 N–H and O–H groups in total. The number of hydrogen-bond donors (Lipinski definition) is 0. The zero-order chi connectivity index (χ0) is 14.3. The van der Waals surface area contributed by atoms with Gasteiger partial charge in [0.25, 0.3) is 0 Å². The zero-order valence-electron chi connectivity index (χ0n) is 10.6. The minimum absolute atomic E-state index is 0.0319. The molecule has 98 valence electrons. The van der Waals surface area contributed by atoms with Crippen molar-refractivity contribution in [1.29, 1.82) is 5.26 Å². The highest BCUT2D eigenvalue weighted by atomic mass is 35.5. The Morgan fingerprint density at radius 2 is 2.00 bits per heavy atom. The van der Waals surface area contributed by atoms with Gasteiger partial charge in [-0.3, -0.25) is 0 Å². The maximum atomic E-state index is 13.6. The molecule has 3 aromatic rings. The summed E-state index contributed by atoms with van der Waals surface area (Å²) in [5.41, 5.74) is 2.39. The highest BCUT2D eigenvalue weighted by molar-refractivity contribution is 6.33. The molecule has 0 amide bonds. The molecular formula is C15H9ClFN3. The van der Waals surface area contributed by atoms with Gasteiger partial charge in [0.15, 0.2) is 0 Å². The van der Waals surface area contributed by atoms with E-state index in [1.54, 1.807) is 28.8 Å². The fraction of sp³-hybridized carbons (Fsp3) is 0.0667. The Morgan fingerprint density at radius 3 is 2.75 bits per heavy atom. The van der Waals surface area contributed by atoms with Crippen LogP contribution >= 0.6 is 11.6 Å². The van der Waals surface area contributed by atoms with Crippen molar-refractivity contribution >= 4 is 22.6 Å². The largest absolute Gasteiger partial charge is 0.327 e. The van der Waals surface area contributed by atoms with E-state index >= 15 is 0 Å². The second-order valence-corrected chi connectivity index (χ2v) is 4.76. The third-order valence-corrected chi connectivity index (χ3v) is 3.61. The Balaban J connectivity index is 2.36. The number of aryl methyl sites for hydroxylation is 1. The lowest BCUT2D eigenvalue weighted by Gasteiger charge is -2.05. The molecule has 0 unspecified atom stereocenters. The summed E-state index contributed by atoms with van der Waals surface area (Å²) in [6.45, 7) is 0. The van der Waals surface area contributed by atoms with Gasteiger partial charge in [0.2, 0.25) is 0 Å². The number of rotatable bonds is 1. The van der Waals surface area contributed by atoms with Crippen LogP contribution in [0.15, 0.2) is 36.4 Å². The lowest BCUT2D eigenvalue weighted by molar-refractivity contribution is 0.628. The number of nitrogens with zero attached hydrogens (tertiary/aromatic N) is 3. The summed E-state index contributed by atoms with van der Waals surface area (Å²) in [6, 6.07) is 12.1. The van der Waals surface area contributed by atoms with Crippen molar-refractivity contribution in [3.63, 3.8) is 0 Å². The normalized spacial score (nSPS) is 10.7. The van der Waals surface area contributed by atoms with Crippen molar-refractivity contribution < 1.29 is 4.39 Å². The molecule has 0 atom stereocenters. The zero-order valence-corrected chi connectivity index (χ0v) is 11.3. The van der Waals surface area contributed by atoms with Crippen LogP contribution in [-0.2, 0) is 7.05 Å². The van der Waals surface area contributed by atoms with Crippen LogP contribution in [0.1, 0.15) is 5.56 Å². The molecule has 2 aromatic carbocycles. The van der Waals surface area contributed by atoms with Gasteiger partial charge in [-0.1, -0.05) is 23.7 Å². The summed E-state index contributed by atoms with van der Waals surface area (Å²) in [4.78, 5) is 4.44. The number of para-hydroxylation sites is 1. The van der Waals surface area contributed by atoms with Gasteiger partial charge in [0.05, 0.1) is 16.1 Å². The molecule has 3 rings (SSSR count). The molecule has 20 heavy (non-hydrogen) atoms. The van der Waals surface area contributed by atoms with E-state index in [1.165, 1.54) is 6.07 Å². The van der Waals surface area contributed by atoms with Crippen LogP contribution < -0.4 is 0 Å². The average Bonchev–Trinajstić information content (AvgIpc) is 2.79. The first-order chi connectivity index (χ1) is 9.63. The van der Waals surface area contributed by atoms with Crippen molar-refractivity contribution in [2.75, 3.05) is 0 Å². The minimum atomic E-state index is -0.489. The minimum Gasteiger partial charge on any atom is -0.327 e. The number of benzene rings is 2. The number of halogens is 2. The van der Waals surface area contributed by atoms with Crippen molar-refractivity contribution in [2.24, 2.45) is 7.05 Å². The fourth-order valence-electron chi connectivity index (χ4n) is 2.22. The smallest absolute Gasteiger partial charge is 0.142 e. The quantitative estimate of drug-likeness (QED) is 0.680. The van der Waals surface area contributed by atoms with Crippen LogP contribution in [0.25, 0.3) is 22.4 Å². The van der Waals surface area contributed by atoms with Crippen LogP contribution in [0, 0.1) is 17.1 Å². The molecule has 0 aliphatic carbocycles. The van der Waals surface area contributed by atoms with Crippen LogP contribution in [0.3, 0.4) is 0 Å². The van der Waals surface area contributed by atoms with Crippen LogP contribution in [0.4, 0.5) is 4.39 Å². The third-order valence-electron chi connectivity index (χ3n) is 3.22. The second-order valence-electron chi connectivity index (χ2n) is 4.38. The van der Waals surface area contributed by atoms with Crippen LogP contribution in [0.2, 0.25) is 5.02 Å². The molecular weight excluding hydrogens is 277 g/mol. The Labute approximate surface area is 119 Å². The monoisotopic (exact) mass is 285 g/mol. The molecule has 0 aliphatic heterocycles. The Kier molecular flexibility index (Phi) is 2.92. The van der Waals surface area contributed by atoms with E-state index in [0.717, 1.165) is 5.52 Å². The molecule has 0 saturated heterocycles. The van der Waals surface area contributed by atoms with Crippen molar-refractivity contribution in [1.82, 2.24) is 9.55 Å². The topological polar surface area (TPSA) is 41.6 Å². The van der Waals surface area contributed by atoms with Gasteiger partial charge in [-0.25, -0.2) is 9.37 Å². The van der Waals surface area contributed by atoms with Gasteiger partial charge in [-0.05, 0) is 24.3 Å². The molecule has 0 saturated carbocycles. The first-order valence-corrected chi connectivity index (χ1v) is 6.31. The van der Waals surface area contributed by atoms with E-state index in [9.17, 15) is 4.39 Å². The van der Waals surface area contributed by atoms with E-state index in [0.29, 0.717) is 22.5 Å². The molecule has 0 fully saturated rings. The molecule has 1 aromatic heterocycles. The summed E-state index contributed by atoms with van der Waals surface area (Å²) in [5, 5.41) is 9.15. The number of fused-ring (bicyclic) bond motifs is 1. The molecule has 3 nitrogen and oxygen atoms in total. The molecule has 5 heteroatoms. The van der Waals surface area contributed by atoms with Gasteiger partial charge < -0.3 is 4.57 Å². The predicted octanol–water partition coefficient (Wildman–Crippen LogP) is 3.90. The van der Waals surface area contributed by atoms with Crippen molar-refractivity contribution in [2.45, 2.75) is 0 Å². The van der Waals surface area contributed by atoms with E-state index in [-0.39, 0.29) is 5.02 Å². The van der Waals surface area contributed by atoms with Gasteiger partial charge in [-0.15, -0.1) is 0 Å². The van der Waals surface area contributed by atoms with Gasteiger partial charge in [0.1, 0.15) is 23.2 Å². The van der Waals surface area contributed by atoms with E-state index in [4.69, 9.17) is 16.9 Å². The molecule has 0 spiro atoms. The van der Waals surface area contributed by atoms with Gasteiger partial charge >= 0.3 is 0 Å². The Bertz CT molecular complexity index is 861. The maximum absolute atomic E-state index is 13.6. The predicted molar refractivity (Wildman–Crippen MR) is 75.8 cm³/mol. The maximum Gasteiger partial charge on any atom is 0.142 e. The fourth-order valence-corrected chi connectivity index (χ4v) is 2.43. The first kappa shape index (κ1) is 12.6. The summed E-state index contributed by atoms with van der Waals surface area (Å²) in [6.07, 6.45) is 0. The highest BCUT2D eigenvalue weighted by Crippen LogP contribution is 2.31. The standard InChI is InChI=1S/C15H9ClFN3/c1-20-12-7-2-4-9(8-18)14(12)19-15(20)10-5-3-6-11(17)13(10)16/h2-7H,1H3. The Morgan fingerprint density at radius 1 is 1.25 bits per heavy atom. The summed E-state index contributed by atoms with van der Waals surface area (Å²) < 4.78 is 15.4. The van der Waals surface area contributed by atoms with Gasteiger partial charge in [-0.2, -0.15) is 5.26 Å². The molecule has 1 heterocycles. The van der Waals surface area contributed by atoms with Crippen LogP contribution in [-0.4, -0.2) is 9.55 Å². The van der Waals surface area contributed by atoms with Crippen LogP contribution in [0.5, 0.6) is 0 Å². The van der Waals surface area contributed by atoms with Crippen molar-refractivity contribution in [3.8, 4) is 17.5 Å². The average molecular weight is 286 g/mol. The second kappa shape index (κ2) is 4.62. The Hall–Kier alpha value is -2.38. The first-order valence-electron chi connectivity index (χ1n) is 5.93. The number of aromatic nitrogens is 2. The van der Waals surface area contributed by atoms with Crippen molar-refractivity contribution in [3.05, 3.63) is 52.8 Å². The van der Waals surface area contributed by atoms with E-state index in [1.807, 2.05) is 13.1 Å². The molecule has 0 aliphatic rings. The lowest BCUT2D eigenvalue weighted by Crippen LogP contribution is -1.94. The van der Waals surface area contributed by atoms with E-state index < -0.39 is 5.82 Å². The summed E-state index contributed by atoms with van der Waals surface area (Å²) in [7, 11) is 1.81. The van der Waals surface area contributed by atoms with E-state index in [2.05, 4.69) is 11.1 Å².